The SMILES string of the molecule is CCCNCc1cn(C)nc1-c1ccc(C)c(F)c1. The van der Waals surface area contributed by atoms with Gasteiger partial charge in [-0.2, -0.15) is 5.10 Å². The van der Waals surface area contributed by atoms with Crippen LogP contribution in [0.5, 0.6) is 0 Å². The molecule has 1 aromatic carbocycles. The summed E-state index contributed by atoms with van der Waals surface area (Å²) in [7, 11) is 1.89. The van der Waals surface area contributed by atoms with E-state index in [0.29, 0.717) is 5.56 Å². The number of nitrogens with zero attached hydrogens (tertiary/aromatic N) is 2. The van der Waals surface area contributed by atoms with E-state index in [9.17, 15) is 4.39 Å². The number of hydrogen-bond donors (Lipinski definition) is 1. The molecule has 4 heteroatoms. The lowest BCUT2D eigenvalue weighted by Crippen LogP contribution is -2.13. The summed E-state index contributed by atoms with van der Waals surface area (Å²) >= 11 is 0. The molecule has 0 aliphatic rings. The van der Waals surface area contributed by atoms with Gasteiger partial charge in [0.25, 0.3) is 0 Å². The molecule has 2 aromatic rings. The van der Waals surface area contributed by atoms with Gasteiger partial charge in [0.15, 0.2) is 0 Å². The molecule has 19 heavy (non-hydrogen) atoms. The minimum absolute atomic E-state index is 0.185. The topological polar surface area (TPSA) is 29.9 Å². The molecule has 0 radical (unpaired) electrons. The van der Waals surface area contributed by atoms with Crippen molar-refractivity contribution in [2.24, 2.45) is 7.05 Å². The smallest absolute Gasteiger partial charge is 0.126 e. The fraction of sp³-hybridized carbons (Fsp3) is 0.400. The zero-order chi connectivity index (χ0) is 13.8. The van der Waals surface area contributed by atoms with Crippen LogP contribution in [0, 0.1) is 12.7 Å². The molecule has 1 aromatic heterocycles. The molecule has 0 amide bonds. The highest BCUT2D eigenvalue weighted by Crippen LogP contribution is 2.23. The van der Waals surface area contributed by atoms with Crippen molar-refractivity contribution in [1.29, 1.82) is 0 Å². The van der Waals surface area contributed by atoms with Crippen molar-refractivity contribution >= 4 is 0 Å². The van der Waals surface area contributed by atoms with Gasteiger partial charge >= 0.3 is 0 Å². The van der Waals surface area contributed by atoms with Gasteiger partial charge in [-0.25, -0.2) is 4.39 Å². The van der Waals surface area contributed by atoms with Crippen molar-refractivity contribution in [3.63, 3.8) is 0 Å². The number of hydrogen-bond acceptors (Lipinski definition) is 2. The van der Waals surface area contributed by atoms with Crippen LogP contribution in [0.2, 0.25) is 0 Å². The number of benzene rings is 1. The molecule has 0 spiro atoms. The second-order valence-corrected chi connectivity index (χ2v) is 4.82. The normalized spacial score (nSPS) is 10.9. The van der Waals surface area contributed by atoms with Crippen LogP contribution in [-0.4, -0.2) is 16.3 Å². The van der Waals surface area contributed by atoms with E-state index in [1.165, 1.54) is 0 Å². The Labute approximate surface area is 113 Å². The van der Waals surface area contributed by atoms with Gasteiger partial charge in [-0.05, 0) is 31.5 Å². The van der Waals surface area contributed by atoms with Gasteiger partial charge in [0.2, 0.25) is 0 Å². The first kappa shape index (κ1) is 13.7. The second kappa shape index (κ2) is 5.97. The molecule has 0 saturated heterocycles. The van der Waals surface area contributed by atoms with E-state index in [4.69, 9.17) is 0 Å². The molecular weight excluding hydrogens is 241 g/mol. The molecule has 1 heterocycles. The van der Waals surface area contributed by atoms with Crippen molar-refractivity contribution in [1.82, 2.24) is 15.1 Å². The Kier molecular flexibility index (Phi) is 4.32. The number of halogens is 1. The van der Waals surface area contributed by atoms with Gasteiger partial charge < -0.3 is 5.32 Å². The van der Waals surface area contributed by atoms with Crippen LogP contribution in [0.1, 0.15) is 24.5 Å². The molecule has 0 aliphatic carbocycles. The van der Waals surface area contributed by atoms with Crippen LogP contribution in [0.3, 0.4) is 0 Å². The monoisotopic (exact) mass is 261 g/mol. The number of nitrogens with one attached hydrogen (secondary N) is 1. The first-order valence-corrected chi connectivity index (χ1v) is 6.61. The highest BCUT2D eigenvalue weighted by molar-refractivity contribution is 5.63. The van der Waals surface area contributed by atoms with E-state index >= 15 is 0 Å². The summed E-state index contributed by atoms with van der Waals surface area (Å²) in [5.74, 6) is -0.185. The van der Waals surface area contributed by atoms with Crippen molar-refractivity contribution < 1.29 is 4.39 Å². The van der Waals surface area contributed by atoms with Crippen LogP contribution < -0.4 is 5.32 Å². The molecule has 102 valence electrons. The Balaban J connectivity index is 2.29. The summed E-state index contributed by atoms with van der Waals surface area (Å²) in [6, 6.07) is 5.27. The van der Waals surface area contributed by atoms with Crippen LogP contribution >= 0.6 is 0 Å². The molecule has 2 rings (SSSR count). The van der Waals surface area contributed by atoms with E-state index in [1.54, 1.807) is 23.7 Å². The zero-order valence-electron chi connectivity index (χ0n) is 11.7. The van der Waals surface area contributed by atoms with Gasteiger partial charge in [0.05, 0.1) is 5.69 Å². The third-order valence-electron chi connectivity index (χ3n) is 3.09. The lowest BCUT2D eigenvalue weighted by molar-refractivity contribution is 0.619. The van der Waals surface area contributed by atoms with Gasteiger partial charge in [-0.15, -0.1) is 0 Å². The van der Waals surface area contributed by atoms with Crippen molar-refractivity contribution in [3.8, 4) is 11.3 Å². The second-order valence-electron chi connectivity index (χ2n) is 4.82. The lowest BCUT2D eigenvalue weighted by atomic mass is 10.1. The molecule has 0 saturated carbocycles. The summed E-state index contributed by atoms with van der Waals surface area (Å²) in [5, 5.41) is 7.79. The maximum absolute atomic E-state index is 13.7. The van der Waals surface area contributed by atoms with Gasteiger partial charge in [0, 0.05) is 30.9 Å². The summed E-state index contributed by atoms with van der Waals surface area (Å²) in [6.07, 6.45) is 3.07. The van der Waals surface area contributed by atoms with E-state index in [-0.39, 0.29) is 5.82 Å². The Bertz CT molecular complexity index is 561. The minimum atomic E-state index is -0.185. The van der Waals surface area contributed by atoms with E-state index in [0.717, 1.165) is 36.3 Å². The largest absolute Gasteiger partial charge is 0.313 e. The van der Waals surface area contributed by atoms with Crippen LogP contribution in [0.4, 0.5) is 4.39 Å². The van der Waals surface area contributed by atoms with Crippen LogP contribution in [0.25, 0.3) is 11.3 Å². The van der Waals surface area contributed by atoms with E-state index in [2.05, 4.69) is 17.3 Å². The fourth-order valence-electron chi connectivity index (χ4n) is 2.05. The van der Waals surface area contributed by atoms with E-state index < -0.39 is 0 Å². The third-order valence-corrected chi connectivity index (χ3v) is 3.09. The number of aromatic nitrogens is 2. The zero-order valence-corrected chi connectivity index (χ0v) is 11.7. The lowest BCUT2D eigenvalue weighted by Gasteiger charge is -2.05. The fourth-order valence-corrected chi connectivity index (χ4v) is 2.05. The Morgan fingerprint density at radius 1 is 1.37 bits per heavy atom. The third kappa shape index (κ3) is 3.20. The van der Waals surface area contributed by atoms with Crippen LogP contribution in [0.15, 0.2) is 24.4 Å². The highest BCUT2D eigenvalue weighted by Gasteiger charge is 2.11. The summed E-state index contributed by atoms with van der Waals surface area (Å²) < 4.78 is 15.4. The highest BCUT2D eigenvalue weighted by atomic mass is 19.1. The maximum atomic E-state index is 13.7. The number of aryl methyl sites for hydroxylation is 2. The molecule has 0 fully saturated rings. The predicted molar refractivity (Wildman–Crippen MR) is 75.3 cm³/mol. The van der Waals surface area contributed by atoms with Gasteiger partial charge in [0.1, 0.15) is 5.82 Å². The van der Waals surface area contributed by atoms with Crippen LogP contribution in [-0.2, 0) is 13.6 Å². The molecular formula is C15H20FN3. The summed E-state index contributed by atoms with van der Waals surface area (Å²) in [6.45, 7) is 5.62. The predicted octanol–water partition coefficient (Wildman–Crippen LogP) is 3.03. The van der Waals surface area contributed by atoms with Crippen molar-refractivity contribution in [2.75, 3.05) is 6.54 Å². The van der Waals surface area contributed by atoms with E-state index in [1.807, 2.05) is 19.3 Å². The molecule has 0 bridgehead atoms. The molecule has 3 nitrogen and oxygen atoms in total. The Morgan fingerprint density at radius 2 is 2.16 bits per heavy atom. The first-order valence-electron chi connectivity index (χ1n) is 6.61. The van der Waals surface area contributed by atoms with Crippen molar-refractivity contribution in [3.05, 3.63) is 41.3 Å². The Morgan fingerprint density at radius 3 is 2.84 bits per heavy atom. The first-order chi connectivity index (χ1) is 9.11. The number of rotatable bonds is 5. The maximum Gasteiger partial charge on any atom is 0.126 e. The molecule has 0 unspecified atom stereocenters. The molecule has 1 N–H and O–H groups in total. The molecule has 0 atom stereocenters. The van der Waals surface area contributed by atoms with Crippen molar-refractivity contribution in [2.45, 2.75) is 26.8 Å². The Hall–Kier alpha value is -1.68. The average molecular weight is 261 g/mol. The minimum Gasteiger partial charge on any atom is -0.313 e. The summed E-state index contributed by atoms with van der Waals surface area (Å²) in [5.41, 5.74) is 3.44. The molecule has 0 aliphatic heterocycles. The van der Waals surface area contributed by atoms with Gasteiger partial charge in [-0.3, -0.25) is 4.68 Å². The average Bonchev–Trinajstić information content (AvgIpc) is 2.74. The standard InChI is InChI=1S/C15H20FN3/c1-4-7-17-9-13-10-19(3)18-15(13)12-6-5-11(2)14(16)8-12/h5-6,8,10,17H,4,7,9H2,1-3H3. The quantitative estimate of drug-likeness (QED) is 0.838. The summed E-state index contributed by atoms with van der Waals surface area (Å²) in [4.78, 5) is 0. The van der Waals surface area contributed by atoms with Gasteiger partial charge in [-0.1, -0.05) is 19.1 Å².